The highest BCUT2D eigenvalue weighted by molar-refractivity contribution is 6.34. The fourth-order valence-electron chi connectivity index (χ4n) is 5.29. The van der Waals surface area contributed by atoms with Crippen molar-refractivity contribution in [2.75, 3.05) is 33.2 Å². The number of phenolic OH excluding ortho intramolecular Hbond substituents is 1. The number of Topliss-reactive ketones (excluding diaryl/α,β-unsaturated/α-hetero) is 2. The lowest BCUT2D eigenvalue weighted by Gasteiger charge is -2.43. The summed E-state index contributed by atoms with van der Waals surface area (Å²) in [6.07, 6.45) is 0. The molecule has 3 aromatic rings. The molecule has 0 amide bonds. The molecule has 0 radical (unpaired) electrons. The molecule has 1 aliphatic heterocycles. The first-order chi connectivity index (χ1) is 17.7. The van der Waals surface area contributed by atoms with Gasteiger partial charge in [0.15, 0.2) is 11.6 Å². The Balaban J connectivity index is 1.89. The Morgan fingerprint density at radius 2 is 1.65 bits per heavy atom. The third-order valence-electron chi connectivity index (χ3n) is 7.14. The van der Waals surface area contributed by atoms with Crippen LogP contribution >= 0.6 is 11.6 Å². The van der Waals surface area contributed by atoms with Gasteiger partial charge in [0.25, 0.3) is 0 Å². The number of carbonyl (C=O) groups excluding carboxylic acids is 2. The average Bonchev–Trinajstić information content (AvgIpc) is 2.88. The molecule has 0 spiro atoms. The number of ketones is 2. The Hall–Kier alpha value is -3.13. The van der Waals surface area contributed by atoms with Crippen molar-refractivity contribution < 1.29 is 23.5 Å². The number of hydrogen-bond donors (Lipinski definition) is 2. The largest absolute Gasteiger partial charge is 0.508 e. The normalized spacial score (nSPS) is 20.1. The quantitative estimate of drug-likeness (QED) is 0.392. The van der Waals surface area contributed by atoms with Crippen molar-refractivity contribution in [3.05, 3.63) is 99.6 Å². The second-order valence-electron chi connectivity index (χ2n) is 9.43. The van der Waals surface area contributed by atoms with Crippen molar-refractivity contribution in [1.82, 2.24) is 10.2 Å². The van der Waals surface area contributed by atoms with Crippen LogP contribution in [-0.4, -0.2) is 54.8 Å². The fraction of sp³-hybridized carbons (Fsp3) is 0.310. The zero-order valence-corrected chi connectivity index (χ0v) is 21.4. The van der Waals surface area contributed by atoms with Crippen molar-refractivity contribution in [1.29, 1.82) is 0 Å². The molecule has 0 aliphatic carbocycles. The van der Waals surface area contributed by atoms with E-state index in [1.54, 1.807) is 38.2 Å². The fourth-order valence-corrected chi connectivity index (χ4v) is 5.55. The predicted octanol–water partition coefficient (Wildman–Crippen LogP) is 5.25. The molecular formula is C29H29ClF2N2O3. The van der Waals surface area contributed by atoms with Gasteiger partial charge in [-0.1, -0.05) is 41.9 Å². The van der Waals surface area contributed by atoms with Gasteiger partial charge in [0.2, 0.25) is 0 Å². The number of nitrogens with zero attached hydrogens (tertiary/aromatic N) is 1. The topological polar surface area (TPSA) is 69.6 Å². The summed E-state index contributed by atoms with van der Waals surface area (Å²) in [5.41, 5.74) is 0.918. The molecule has 1 fully saturated rings. The molecule has 0 saturated carbocycles. The van der Waals surface area contributed by atoms with Crippen LogP contribution in [-0.2, 0) is 0 Å². The van der Waals surface area contributed by atoms with Crippen LogP contribution in [0.2, 0.25) is 5.02 Å². The molecular weight excluding hydrogens is 498 g/mol. The Morgan fingerprint density at radius 3 is 2.32 bits per heavy atom. The van der Waals surface area contributed by atoms with Gasteiger partial charge in [0.1, 0.15) is 17.4 Å². The number of carbonyl (C=O) groups is 2. The third-order valence-corrected chi connectivity index (χ3v) is 7.45. The van der Waals surface area contributed by atoms with Gasteiger partial charge in [-0.15, -0.1) is 0 Å². The first-order valence-electron chi connectivity index (χ1n) is 12.2. The second-order valence-corrected chi connectivity index (χ2v) is 9.84. The number of likely N-dealkylation sites (tertiary alicyclic amines) is 1. The summed E-state index contributed by atoms with van der Waals surface area (Å²) in [4.78, 5) is 29.9. The van der Waals surface area contributed by atoms with Gasteiger partial charge in [-0.2, -0.15) is 0 Å². The zero-order chi connectivity index (χ0) is 26.7. The predicted molar refractivity (Wildman–Crippen MR) is 139 cm³/mol. The Labute approximate surface area is 220 Å². The van der Waals surface area contributed by atoms with Crippen molar-refractivity contribution in [3.8, 4) is 5.75 Å². The minimum atomic E-state index is -0.869. The highest BCUT2D eigenvalue weighted by Crippen LogP contribution is 2.43. The summed E-state index contributed by atoms with van der Waals surface area (Å²) in [6, 6.07) is 14.7. The third kappa shape index (κ3) is 5.59. The summed E-state index contributed by atoms with van der Waals surface area (Å²) >= 11 is 6.29. The average molecular weight is 527 g/mol. The summed E-state index contributed by atoms with van der Waals surface area (Å²) in [7, 11) is 1.81. The van der Waals surface area contributed by atoms with Crippen molar-refractivity contribution in [2.24, 2.45) is 11.8 Å². The molecule has 8 heteroatoms. The molecule has 1 heterocycles. The summed E-state index contributed by atoms with van der Waals surface area (Å²) < 4.78 is 29.7. The minimum absolute atomic E-state index is 0.0112. The number of aromatic hydroxyl groups is 1. The Morgan fingerprint density at radius 1 is 1.00 bits per heavy atom. The SMILES string of the molecule is CNCCN1C[C@H](C(=O)c2cccc(O)c2)[C@H](c2cccc(F)c2C)[C@@H](C(=O)c2c(F)cccc2Cl)C1. The van der Waals surface area contributed by atoms with E-state index in [1.165, 1.54) is 36.4 Å². The zero-order valence-electron chi connectivity index (χ0n) is 20.7. The summed E-state index contributed by atoms with van der Waals surface area (Å²) in [6.45, 7) is 3.33. The molecule has 4 rings (SSSR count). The van der Waals surface area contributed by atoms with Gasteiger partial charge in [0, 0.05) is 49.5 Å². The molecule has 2 N–H and O–H groups in total. The van der Waals surface area contributed by atoms with E-state index in [2.05, 4.69) is 5.32 Å². The summed E-state index contributed by atoms with van der Waals surface area (Å²) in [5, 5.41) is 13.1. The van der Waals surface area contributed by atoms with Gasteiger partial charge >= 0.3 is 0 Å². The number of likely N-dealkylation sites (N-methyl/N-ethyl adjacent to an activating group) is 1. The van der Waals surface area contributed by atoms with E-state index in [0.29, 0.717) is 30.8 Å². The van der Waals surface area contributed by atoms with E-state index in [9.17, 15) is 23.5 Å². The maximum Gasteiger partial charge on any atom is 0.172 e. The number of rotatable bonds is 8. The lowest BCUT2D eigenvalue weighted by molar-refractivity contribution is 0.0573. The van der Waals surface area contributed by atoms with Crippen LogP contribution in [0.5, 0.6) is 5.75 Å². The van der Waals surface area contributed by atoms with Crippen LogP contribution in [0.1, 0.15) is 37.8 Å². The van der Waals surface area contributed by atoms with Crippen molar-refractivity contribution >= 4 is 23.2 Å². The number of hydrogen-bond acceptors (Lipinski definition) is 5. The highest BCUT2D eigenvalue weighted by Gasteiger charge is 2.46. The van der Waals surface area contributed by atoms with Crippen LogP contribution in [0.4, 0.5) is 8.78 Å². The second kappa shape index (κ2) is 11.5. The van der Waals surface area contributed by atoms with Gasteiger partial charge in [-0.05, 0) is 55.4 Å². The minimum Gasteiger partial charge on any atom is -0.508 e. The molecule has 194 valence electrons. The maximum absolute atomic E-state index is 14.9. The van der Waals surface area contributed by atoms with E-state index < -0.39 is 35.2 Å². The lowest BCUT2D eigenvalue weighted by Crippen LogP contribution is -2.51. The molecule has 37 heavy (non-hydrogen) atoms. The van der Waals surface area contributed by atoms with Crippen LogP contribution in [0.25, 0.3) is 0 Å². The van der Waals surface area contributed by atoms with Crippen molar-refractivity contribution in [3.63, 3.8) is 0 Å². The highest BCUT2D eigenvalue weighted by atomic mass is 35.5. The molecule has 0 bridgehead atoms. The molecule has 3 atom stereocenters. The Kier molecular flexibility index (Phi) is 8.37. The van der Waals surface area contributed by atoms with Crippen LogP contribution in [0.15, 0.2) is 60.7 Å². The Bertz CT molecular complexity index is 1300. The number of piperidine rings is 1. The standard InChI is InChI=1S/C29H29ClF2N2O3/c1-17-20(8-4-10-24(17)31)26-21(28(36)18-6-3-7-19(35)14-18)15-34(13-12-33-2)16-22(26)29(37)27-23(30)9-5-11-25(27)32/h3-11,14,21-22,26,33,35H,12-13,15-16H2,1-2H3/t21-,22-,26-/m0/s1. The summed E-state index contributed by atoms with van der Waals surface area (Å²) in [5.74, 6) is -4.42. The molecule has 1 saturated heterocycles. The van der Waals surface area contributed by atoms with Crippen LogP contribution < -0.4 is 5.32 Å². The number of phenols is 1. The van der Waals surface area contributed by atoms with Gasteiger partial charge < -0.3 is 15.3 Å². The first kappa shape index (κ1) is 26.9. The van der Waals surface area contributed by atoms with E-state index in [1.807, 2.05) is 4.90 Å². The number of benzene rings is 3. The van der Waals surface area contributed by atoms with E-state index in [0.717, 1.165) is 0 Å². The van der Waals surface area contributed by atoms with Crippen molar-refractivity contribution in [2.45, 2.75) is 12.8 Å². The number of halogens is 3. The maximum atomic E-state index is 14.9. The molecule has 3 aromatic carbocycles. The van der Waals surface area contributed by atoms with E-state index in [4.69, 9.17) is 11.6 Å². The van der Waals surface area contributed by atoms with Gasteiger partial charge in [-0.3, -0.25) is 9.59 Å². The lowest BCUT2D eigenvalue weighted by atomic mass is 9.67. The molecule has 1 aliphatic rings. The van der Waals surface area contributed by atoms with E-state index >= 15 is 0 Å². The van der Waals surface area contributed by atoms with Gasteiger partial charge in [-0.25, -0.2) is 8.78 Å². The van der Waals surface area contributed by atoms with E-state index in [-0.39, 0.29) is 34.2 Å². The monoisotopic (exact) mass is 526 g/mol. The van der Waals surface area contributed by atoms with Crippen LogP contribution in [0.3, 0.4) is 0 Å². The molecule has 0 aromatic heterocycles. The first-order valence-corrected chi connectivity index (χ1v) is 12.5. The molecule has 0 unspecified atom stereocenters. The number of nitrogens with one attached hydrogen (secondary N) is 1. The molecule has 5 nitrogen and oxygen atoms in total. The smallest absolute Gasteiger partial charge is 0.172 e. The van der Waals surface area contributed by atoms with Gasteiger partial charge in [0.05, 0.1) is 10.6 Å². The van der Waals surface area contributed by atoms with Crippen LogP contribution in [0, 0.1) is 30.4 Å².